The molecule has 2 aromatic heterocycles. The average molecular weight is 495 g/mol. The molecule has 4 aromatic rings. The Bertz CT molecular complexity index is 1500. The molecule has 0 aliphatic carbocycles. The number of carbonyl (C=O) groups is 2. The van der Waals surface area contributed by atoms with E-state index in [1.165, 1.54) is 10.8 Å². The first kappa shape index (κ1) is 24.0. The zero-order valence-electron chi connectivity index (χ0n) is 18.9. The average Bonchev–Trinajstić information content (AvgIpc) is 3.36. The van der Waals surface area contributed by atoms with Gasteiger partial charge in [0.2, 0.25) is 11.8 Å². The highest BCUT2D eigenvalue weighted by Gasteiger charge is 2.17. The van der Waals surface area contributed by atoms with Crippen LogP contribution in [0.25, 0.3) is 10.9 Å². The van der Waals surface area contributed by atoms with Gasteiger partial charge in [-0.2, -0.15) is 0 Å². The number of nitrogens with zero attached hydrogens (tertiary/aromatic N) is 2. The van der Waals surface area contributed by atoms with Crippen molar-refractivity contribution in [3.8, 4) is 0 Å². The fourth-order valence-corrected chi connectivity index (χ4v) is 3.86. The van der Waals surface area contributed by atoms with E-state index in [1.807, 2.05) is 6.92 Å². The monoisotopic (exact) mass is 494 g/mol. The van der Waals surface area contributed by atoms with Crippen LogP contribution in [0.3, 0.4) is 0 Å². The number of rotatable bonds is 8. The molecule has 35 heavy (non-hydrogen) atoms. The van der Waals surface area contributed by atoms with Crippen molar-refractivity contribution in [2.45, 2.75) is 33.0 Å². The second-order valence-electron chi connectivity index (χ2n) is 7.96. The van der Waals surface area contributed by atoms with Crippen molar-refractivity contribution in [3.63, 3.8) is 0 Å². The third kappa shape index (κ3) is 5.52. The minimum absolute atomic E-state index is 0.0951. The maximum atomic E-state index is 13.2. The van der Waals surface area contributed by atoms with E-state index in [0.29, 0.717) is 22.0 Å². The molecule has 10 heteroatoms. The number of benzene rings is 2. The van der Waals surface area contributed by atoms with Gasteiger partial charge in [0.15, 0.2) is 0 Å². The van der Waals surface area contributed by atoms with Gasteiger partial charge in [-0.05, 0) is 48.9 Å². The normalized spacial score (nSPS) is 10.9. The fraction of sp³-hybridized carbons (Fsp3) is 0.200. The SMILES string of the molecule is Cc1ccc(Cl)cc1NC(=O)Cn1c(=O)n(CCC(=O)NCc2ccco2)c(=O)c2ccccc21. The molecule has 0 radical (unpaired) electrons. The van der Waals surface area contributed by atoms with Crippen molar-refractivity contribution in [2.75, 3.05) is 5.32 Å². The Morgan fingerprint density at radius 2 is 1.80 bits per heavy atom. The topological polar surface area (TPSA) is 115 Å². The lowest BCUT2D eigenvalue weighted by Crippen LogP contribution is -2.42. The molecule has 0 aliphatic heterocycles. The highest BCUT2D eigenvalue weighted by Crippen LogP contribution is 2.20. The Hall–Kier alpha value is -4.11. The molecule has 0 fully saturated rings. The molecular formula is C25H23ClN4O5. The van der Waals surface area contributed by atoms with Gasteiger partial charge in [-0.3, -0.25) is 23.5 Å². The summed E-state index contributed by atoms with van der Waals surface area (Å²) in [6, 6.07) is 15.1. The number of anilines is 1. The van der Waals surface area contributed by atoms with E-state index in [2.05, 4.69) is 10.6 Å². The minimum atomic E-state index is -0.675. The lowest BCUT2D eigenvalue weighted by molar-refractivity contribution is -0.121. The van der Waals surface area contributed by atoms with E-state index in [9.17, 15) is 19.2 Å². The summed E-state index contributed by atoms with van der Waals surface area (Å²) in [5.74, 6) is -0.213. The van der Waals surface area contributed by atoms with Crippen LogP contribution in [0.4, 0.5) is 5.69 Å². The molecule has 2 amide bonds. The Labute approximate surface area is 204 Å². The first-order valence-electron chi connectivity index (χ1n) is 10.9. The molecule has 0 unspecified atom stereocenters. The smallest absolute Gasteiger partial charge is 0.331 e. The molecule has 0 saturated carbocycles. The largest absolute Gasteiger partial charge is 0.467 e. The molecule has 2 N–H and O–H groups in total. The summed E-state index contributed by atoms with van der Waals surface area (Å²) < 4.78 is 7.38. The van der Waals surface area contributed by atoms with E-state index in [1.54, 1.807) is 54.6 Å². The predicted octanol–water partition coefficient (Wildman–Crippen LogP) is 3.06. The van der Waals surface area contributed by atoms with Crippen LogP contribution >= 0.6 is 11.6 Å². The first-order valence-corrected chi connectivity index (χ1v) is 11.3. The van der Waals surface area contributed by atoms with Crippen LogP contribution in [0.2, 0.25) is 5.02 Å². The van der Waals surface area contributed by atoms with Gasteiger partial charge in [-0.25, -0.2) is 4.79 Å². The summed E-state index contributed by atoms with van der Waals surface area (Å²) in [5.41, 5.74) is 0.475. The van der Waals surface area contributed by atoms with Gasteiger partial charge < -0.3 is 15.1 Å². The number of aromatic nitrogens is 2. The zero-order valence-corrected chi connectivity index (χ0v) is 19.7. The summed E-state index contributed by atoms with van der Waals surface area (Å²) in [6.07, 6.45) is 1.41. The van der Waals surface area contributed by atoms with Crippen molar-refractivity contribution in [3.05, 3.63) is 98.0 Å². The number of furan rings is 1. The molecule has 2 heterocycles. The standard InChI is InChI=1S/C25H23ClN4O5/c1-16-8-9-17(26)13-20(16)28-23(32)15-30-21-7-3-2-6-19(21)24(33)29(25(30)34)11-10-22(31)27-14-18-5-4-12-35-18/h2-9,12-13H,10-11,14-15H2,1H3,(H,27,31)(H,28,32). The van der Waals surface area contributed by atoms with Crippen LogP contribution in [-0.2, 0) is 29.2 Å². The maximum absolute atomic E-state index is 13.2. The van der Waals surface area contributed by atoms with Crippen LogP contribution in [-0.4, -0.2) is 20.9 Å². The number of amides is 2. The highest BCUT2D eigenvalue weighted by atomic mass is 35.5. The zero-order chi connectivity index (χ0) is 24.9. The Balaban J connectivity index is 1.58. The summed E-state index contributed by atoms with van der Waals surface area (Å²) >= 11 is 6.03. The highest BCUT2D eigenvalue weighted by molar-refractivity contribution is 6.31. The number of para-hydroxylation sites is 1. The van der Waals surface area contributed by atoms with E-state index in [0.717, 1.165) is 10.1 Å². The van der Waals surface area contributed by atoms with Crippen molar-refractivity contribution in [2.24, 2.45) is 0 Å². The molecule has 0 saturated heterocycles. The quantitative estimate of drug-likeness (QED) is 0.390. The number of aryl methyl sites for hydroxylation is 1. The molecule has 0 bridgehead atoms. The Morgan fingerprint density at radius 1 is 1.00 bits per heavy atom. The van der Waals surface area contributed by atoms with E-state index in [4.69, 9.17) is 16.0 Å². The minimum Gasteiger partial charge on any atom is -0.467 e. The van der Waals surface area contributed by atoms with Crippen LogP contribution < -0.4 is 21.9 Å². The lowest BCUT2D eigenvalue weighted by atomic mass is 10.2. The van der Waals surface area contributed by atoms with E-state index >= 15 is 0 Å². The van der Waals surface area contributed by atoms with Gasteiger partial charge in [0.05, 0.1) is 23.7 Å². The predicted molar refractivity (Wildman–Crippen MR) is 132 cm³/mol. The summed E-state index contributed by atoms with van der Waals surface area (Å²) in [6.45, 7) is 1.56. The number of carbonyl (C=O) groups excluding carboxylic acids is 2. The van der Waals surface area contributed by atoms with Crippen LogP contribution in [0.15, 0.2) is 74.9 Å². The molecule has 9 nitrogen and oxygen atoms in total. The number of nitrogens with one attached hydrogen (secondary N) is 2. The van der Waals surface area contributed by atoms with Crippen LogP contribution in [0, 0.1) is 6.92 Å². The summed E-state index contributed by atoms with van der Waals surface area (Å²) in [4.78, 5) is 51.4. The maximum Gasteiger partial charge on any atom is 0.331 e. The molecule has 2 aromatic carbocycles. The van der Waals surface area contributed by atoms with E-state index < -0.39 is 17.2 Å². The number of halogens is 1. The second kappa shape index (κ2) is 10.4. The van der Waals surface area contributed by atoms with E-state index in [-0.39, 0.29) is 37.3 Å². The van der Waals surface area contributed by atoms with Crippen molar-refractivity contribution >= 4 is 40.0 Å². The summed E-state index contributed by atoms with van der Waals surface area (Å²) in [5, 5.41) is 6.18. The first-order chi connectivity index (χ1) is 16.8. The van der Waals surface area contributed by atoms with Crippen molar-refractivity contribution < 1.29 is 14.0 Å². The second-order valence-corrected chi connectivity index (χ2v) is 8.39. The number of hydrogen-bond acceptors (Lipinski definition) is 5. The van der Waals surface area contributed by atoms with Gasteiger partial charge in [0, 0.05) is 23.7 Å². The van der Waals surface area contributed by atoms with Gasteiger partial charge in [-0.1, -0.05) is 29.8 Å². The van der Waals surface area contributed by atoms with Crippen LogP contribution in [0.5, 0.6) is 0 Å². The third-order valence-electron chi connectivity index (χ3n) is 5.51. The van der Waals surface area contributed by atoms with Gasteiger partial charge in [-0.15, -0.1) is 0 Å². The molecule has 4 rings (SSSR count). The molecule has 0 atom stereocenters. The lowest BCUT2D eigenvalue weighted by Gasteiger charge is -2.15. The fourth-order valence-electron chi connectivity index (χ4n) is 3.68. The third-order valence-corrected chi connectivity index (χ3v) is 5.75. The van der Waals surface area contributed by atoms with Crippen LogP contribution in [0.1, 0.15) is 17.7 Å². The van der Waals surface area contributed by atoms with Crippen molar-refractivity contribution in [1.29, 1.82) is 0 Å². The van der Waals surface area contributed by atoms with Gasteiger partial charge in [0.1, 0.15) is 12.3 Å². The summed E-state index contributed by atoms with van der Waals surface area (Å²) in [7, 11) is 0. The molecule has 0 spiro atoms. The number of hydrogen-bond donors (Lipinski definition) is 2. The van der Waals surface area contributed by atoms with Gasteiger partial charge >= 0.3 is 5.69 Å². The van der Waals surface area contributed by atoms with Gasteiger partial charge in [0.25, 0.3) is 5.56 Å². The Morgan fingerprint density at radius 3 is 2.57 bits per heavy atom. The Kier molecular flexibility index (Phi) is 7.17. The molecule has 0 aliphatic rings. The number of fused-ring (bicyclic) bond motifs is 1. The van der Waals surface area contributed by atoms with Crippen molar-refractivity contribution in [1.82, 2.24) is 14.5 Å². The molecule has 180 valence electrons. The molecular weight excluding hydrogens is 472 g/mol.